The first-order valence-electron chi connectivity index (χ1n) is 7.43. The second-order valence-electron chi connectivity index (χ2n) is 5.39. The lowest BCUT2D eigenvalue weighted by molar-refractivity contribution is 0.221. The molecular weight excluding hydrogens is 324 g/mol. The van der Waals surface area contributed by atoms with E-state index in [-0.39, 0.29) is 6.03 Å². The van der Waals surface area contributed by atoms with Crippen molar-refractivity contribution in [1.82, 2.24) is 24.6 Å². The summed E-state index contributed by atoms with van der Waals surface area (Å²) in [6.45, 7) is 2.30. The highest BCUT2D eigenvalue weighted by atomic mass is 32.1. The Kier molecular flexibility index (Phi) is 4.57. The average molecular weight is 342 g/mol. The van der Waals surface area contributed by atoms with Gasteiger partial charge in [-0.2, -0.15) is 4.98 Å². The third-order valence-electron chi connectivity index (χ3n) is 3.51. The molecule has 24 heavy (non-hydrogen) atoms. The topological polar surface area (TPSA) is 75.9 Å². The van der Waals surface area contributed by atoms with Gasteiger partial charge in [-0.05, 0) is 6.92 Å². The van der Waals surface area contributed by atoms with Gasteiger partial charge in [0.2, 0.25) is 5.95 Å². The van der Waals surface area contributed by atoms with Crippen molar-refractivity contribution < 1.29 is 4.79 Å². The second-order valence-corrected chi connectivity index (χ2v) is 6.51. The molecule has 0 saturated carbocycles. The number of hydrogen-bond acceptors (Lipinski definition) is 5. The maximum atomic E-state index is 12.2. The molecule has 0 aliphatic rings. The van der Waals surface area contributed by atoms with E-state index in [1.165, 1.54) is 0 Å². The van der Waals surface area contributed by atoms with Crippen LogP contribution in [0.15, 0.2) is 36.5 Å². The quantitative estimate of drug-likeness (QED) is 0.791. The van der Waals surface area contributed by atoms with Crippen molar-refractivity contribution in [1.29, 1.82) is 0 Å². The summed E-state index contributed by atoms with van der Waals surface area (Å²) in [5.74, 6) is 1.05. The van der Waals surface area contributed by atoms with Gasteiger partial charge in [-0.1, -0.05) is 30.3 Å². The molecular formula is C16H18N6OS. The number of anilines is 1. The highest BCUT2D eigenvalue weighted by Crippen LogP contribution is 2.25. The maximum Gasteiger partial charge on any atom is 0.324 e. The number of hydrogen-bond donors (Lipinski definition) is 1. The van der Waals surface area contributed by atoms with Crippen LogP contribution >= 0.6 is 11.3 Å². The fraction of sp³-hybridized carbons (Fsp3) is 0.250. The van der Waals surface area contributed by atoms with Crippen molar-refractivity contribution in [3.63, 3.8) is 0 Å². The van der Waals surface area contributed by atoms with Gasteiger partial charge in [0.15, 0.2) is 0 Å². The Morgan fingerprint density at radius 1 is 1.33 bits per heavy atom. The third-order valence-corrected chi connectivity index (χ3v) is 4.54. The highest BCUT2D eigenvalue weighted by Gasteiger charge is 2.14. The first kappa shape index (κ1) is 16.1. The van der Waals surface area contributed by atoms with Crippen LogP contribution in [0, 0.1) is 6.92 Å². The Hall–Kier alpha value is -2.74. The molecule has 3 rings (SSSR count). The Morgan fingerprint density at radius 3 is 2.75 bits per heavy atom. The van der Waals surface area contributed by atoms with E-state index in [9.17, 15) is 4.79 Å². The molecule has 0 saturated heterocycles. The molecule has 0 radical (unpaired) electrons. The lowest BCUT2D eigenvalue weighted by Gasteiger charge is -2.15. The normalized spacial score (nSPS) is 10.6. The van der Waals surface area contributed by atoms with Gasteiger partial charge in [0.05, 0.1) is 6.54 Å². The molecule has 1 aromatic carbocycles. The van der Waals surface area contributed by atoms with Crippen molar-refractivity contribution in [2.24, 2.45) is 7.05 Å². The van der Waals surface area contributed by atoms with Crippen molar-refractivity contribution >= 4 is 23.3 Å². The largest absolute Gasteiger partial charge is 0.324 e. The average Bonchev–Trinajstić information content (AvgIpc) is 3.15. The number of amides is 2. The number of aryl methyl sites for hydroxylation is 2. The summed E-state index contributed by atoms with van der Waals surface area (Å²) in [5, 5.41) is 7.76. The monoisotopic (exact) mass is 342 g/mol. The Morgan fingerprint density at radius 2 is 2.08 bits per heavy atom. The van der Waals surface area contributed by atoms with Crippen LogP contribution in [0.25, 0.3) is 10.6 Å². The first-order valence-corrected chi connectivity index (χ1v) is 8.24. The molecule has 0 unspecified atom stereocenters. The number of nitrogens with zero attached hydrogens (tertiary/aromatic N) is 5. The molecule has 0 aliphatic heterocycles. The van der Waals surface area contributed by atoms with E-state index in [4.69, 9.17) is 0 Å². The number of carbonyl (C=O) groups is 1. The first-order chi connectivity index (χ1) is 11.5. The van der Waals surface area contributed by atoms with E-state index >= 15 is 0 Å². The number of carbonyl (C=O) groups excluding carboxylic acids is 1. The number of thiazole rings is 1. The molecule has 8 heteroatoms. The number of urea groups is 1. The lowest BCUT2D eigenvalue weighted by Crippen LogP contribution is -2.31. The fourth-order valence-electron chi connectivity index (χ4n) is 2.11. The standard InChI is InChI=1S/C16H18N6OS/c1-11-18-15(20-22(11)3)19-16(23)21(2)10-13-9-17-14(24-13)12-7-5-4-6-8-12/h4-9H,10H2,1-3H3,(H,19,20,23). The molecule has 7 nitrogen and oxygen atoms in total. The molecule has 0 bridgehead atoms. The number of nitrogens with one attached hydrogen (secondary N) is 1. The molecule has 0 spiro atoms. The van der Waals surface area contributed by atoms with Crippen LogP contribution in [-0.4, -0.2) is 37.7 Å². The molecule has 1 N–H and O–H groups in total. The van der Waals surface area contributed by atoms with Gasteiger partial charge >= 0.3 is 6.03 Å². The minimum atomic E-state index is -0.254. The molecule has 2 amide bonds. The number of rotatable bonds is 4. The van der Waals surface area contributed by atoms with Crippen LogP contribution in [-0.2, 0) is 13.6 Å². The third kappa shape index (κ3) is 3.60. The van der Waals surface area contributed by atoms with Crippen molar-refractivity contribution in [2.45, 2.75) is 13.5 Å². The molecule has 0 atom stereocenters. The fourth-order valence-corrected chi connectivity index (χ4v) is 3.08. The second kappa shape index (κ2) is 6.79. The van der Waals surface area contributed by atoms with Crippen LogP contribution in [0.1, 0.15) is 10.7 Å². The zero-order chi connectivity index (χ0) is 17.1. The summed E-state index contributed by atoms with van der Waals surface area (Å²) in [7, 11) is 3.51. The smallest absolute Gasteiger partial charge is 0.322 e. The van der Waals surface area contributed by atoms with Crippen LogP contribution in [0.2, 0.25) is 0 Å². The molecule has 3 aromatic rings. The molecule has 2 aromatic heterocycles. The molecule has 2 heterocycles. The highest BCUT2D eigenvalue weighted by molar-refractivity contribution is 7.15. The maximum absolute atomic E-state index is 12.2. The SMILES string of the molecule is Cc1nc(NC(=O)N(C)Cc2cnc(-c3ccccc3)s2)nn1C. The van der Waals surface area contributed by atoms with E-state index in [1.54, 1.807) is 41.2 Å². The van der Waals surface area contributed by atoms with Gasteiger partial charge in [0.25, 0.3) is 0 Å². The summed E-state index contributed by atoms with van der Waals surface area (Å²) in [6, 6.07) is 9.73. The molecule has 124 valence electrons. The van der Waals surface area contributed by atoms with Gasteiger partial charge in [-0.15, -0.1) is 16.4 Å². The van der Waals surface area contributed by atoms with Gasteiger partial charge in [-0.25, -0.2) is 9.78 Å². The summed E-state index contributed by atoms with van der Waals surface area (Å²) < 4.78 is 1.62. The van der Waals surface area contributed by atoms with Crippen molar-refractivity contribution in [2.75, 3.05) is 12.4 Å². The van der Waals surface area contributed by atoms with Crippen LogP contribution < -0.4 is 5.32 Å². The summed E-state index contributed by atoms with van der Waals surface area (Å²) in [4.78, 5) is 23.4. The Labute approximate surface area is 144 Å². The predicted octanol–water partition coefficient (Wildman–Crippen LogP) is 2.91. The van der Waals surface area contributed by atoms with Gasteiger partial charge in [-0.3, -0.25) is 10.00 Å². The predicted molar refractivity (Wildman–Crippen MR) is 93.8 cm³/mol. The van der Waals surface area contributed by atoms with Gasteiger partial charge in [0, 0.05) is 30.7 Å². The number of benzene rings is 1. The van der Waals surface area contributed by atoms with E-state index in [2.05, 4.69) is 20.4 Å². The van der Waals surface area contributed by atoms with Crippen LogP contribution in [0.3, 0.4) is 0 Å². The van der Waals surface area contributed by atoms with E-state index < -0.39 is 0 Å². The van der Waals surface area contributed by atoms with Gasteiger partial charge < -0.3 is 4.90 Å². The zero-order valence-corrected chi connectivity index (χ0v) is 14.5. The van der Waals surface area contributed by atoms with Crippen molar-refractivity contribution in [3.8, 4) is 10.6 Å². The van der Waals surface area contributed by atoms with E-state index in [0.29, 0.717) is 12.5 Å². The van der Waals surface area contributed by atoms with E-state index in [0.717, 1.165) is 21.3 Å². The summed E-state index contributed by atoms with van der Waals surface area (Å²) >= 11 is 1.58. The minimum absolute atomic E-state index is 0.254. The molecule has 0 fully saturated rings. The lowest BCUT2D eigenvalue weighted by atomic mass is 10.2. The minimum Gasteiger partial charge on any atom is -0.322 e. The number of aromatic nitrogens is 4. The summed E-state index contributed by atoms with van der Waals surface area (Å²) in [6.07, 6.45) is 1.81. The Balaban J connectivity index is 1.63. The molecule has 0 aliphatic carbocycles. The van der Waals surface area contributed by atoms with Crippen molar-refractivity contribution in [3.05, 3.63) is 47.2 Å². The van der Waals surface area contributed by atoms with Crippen LogP contribution in [0.5, 0.6) is 0 Å². The summed E-state index contributed by atoms with van der Waals surface area (Å²) in [5.41, 5.74) is 1.08. The zero-order valence-electron chi connectivity index (χ0n) is 13.7. The Bertz CT molecular complexity index is 822. The van der Waals surface area contributed by atoms with Gasteiger partial charge in [0.1, 0.15) is 10.8 Å². The van der Waals surface area contributed by atoms with E-state index in [1.807, 2.05) is 37.3 Å². The van der Waals surface area contributed by atoms with Crippen LogP contribution in [0.4, 0.5) is 10.7 Å².